The first-order valence-electron chi connectivity index (χ1n) is 12.1. The topological polar surface area (TPSA) is 69.0 Å². The number of aryl methyl sites for hydroxylation is 2. The Labute approximate surface area is 210 Å². The van der Waals surface area contributed by atoms with Gasteiger partial charge < -0.3 is 18.8 Å². The Morgan fingerprint density at radius 3 is 2.44 bits per heavy atom. The number of rotatable bonds is 8. The average molecular weight is 484 g/mol. The van der Waals surface area contributed by atoms with Crippen LogP contribution >= 0.6 is 0 Å². The summed E-state index contributed by atoms with van der Waals surface area (Å²) in [5.41, 5.74) is 4.44. The quantitative estimate of drug-likeness (QED) is 0.307. The second-order valence-electron chi connectivity index (χ2n) is 9.22. The maximum atomic E-state index is 13.8. The van der Waals surface area contributed by atoms with Crippen molar-refractivity contribution in [1.82, 2.24) is 4.90 Å². The van der Waals surface area contributed by atoms with Crippen LogP contribution in [-0.4, -0.2) is 31.1 Å². The van der Waals surface area contributed by atoms with Gasteiger partial charge in [0.1, 0.15) is 17.9 Å². The number of carbonyl (C=O) groups is 1. The molecule has 4 aromatic rings. The van der Waals surface area contributed by atoms with Gasteiger partial charge in [-0.25, -0.2) is 0 Å². The standard InChI is InChI=1S/C30H29NO5/c1-19-16-20(2)25-24(17-19)36-29-26(28(25)32)27(31(30(29)33)14-7-15-34-3)22-10-12-23(13-11-22)35-18-21-8-5-4-6-9-21/h4-6,8-13,16-17,27H,7,14-15,18H2,1-3H3. The molecule has 0 N–H and O–H groups in total. The monoisotopic (exact) mass is 483 g/mol. The van der Waals surface area contributed by atoms with Crippen molar-refractivity contribution < 1.29 is 18.7 Å². The molecule has 1 unspecified atom stereocenters. The van der Waals surface area contributed by atoms with Crippen LogP contribution in [0.4, 0.5) is 0 Å². The largest absolute Gasteiger partial charge is 0.489 e. The molecule has 1 aliphatic heterocycles. The van der Waals surface area contributed by atoms with Crippen LogP contribution in [-0.2, 0) is 11.3 Å². The molecule has 1 atom stereocenters. The molecule has 1 aromatic heterocycles. The average Bonchev–Trinajstić information content (AvgIpc) is 3.15. The number of carbonyl (C=O) groups excluding carboxylic acids is 1. The second-order valence-corrected chi connectivity index (χ2v) is 9.22. The highest BCUT2D eigenvalue weighted by Crippen LogP contribution is 2.39. The van der Waals surface area contributed by atoms with Gasteiger partial charge in [-0.05, 0) is 60.7 Å². The molecular formula is C30H29NO5. The number of hydrogen-bond acceptors (Lipinski definition) is 5. The van der Waals surface area contributed by atoms with Crippen LogP contribution in [0.5, 0.6) is 5.75 Å². The van der Waals surface area contributed by atoms with Gasteiger partial charge in [0.05, 0.1) is 17.0 Å². The van der Waals surface area contributed by atoms with E-state index in [2.05, 4.69) is 0 Å². The Balaban J connectivity index is 1.54. The van der Waals surface area contributed by atoms with Gasteiger partial charge in [-0.1, -0.05) is 48.5 Å². The van der Waals surface area contributed by atoms with Crippen molar-refractivity contribution in [1.29, 1.82) is 0 Å². The summed E-state index contributed by atoms with van der Waals surface area (Å²) in [6.45, 7) is 5.27. The number of fused-ring (bicyclic) bond motifs is 2. The molecule has 36 heavy (non-hydrogen) atoms. The first kappa shape index (κ1) is 23.8. The van der Waals surface area contributed by atoms with Gasteiger partial charge in [0.2, 0.25) is 5.76 Å². The van der Waals surface area contributed by atoms with Gasteiger partial charge in [0, 0.05) is 20.3 Å². The molecule has 5 rings (SSSR count). The molecule has 1 amide bonds. The van der Waals surface area contributed by atoms with Crippen LogP contribution < -0.4 is 10.2 Å². The predicted molar refractivity (Wildman–Crippen MR) is 139 cm³/mol. The Morgan fingerprint density at radius 1 is 0.972 bits per heavy atom. The van der Waals surface area contributed by atoms with E-state index in [4.69, 9.17) is 13.9 Å². The van der Waals surface area contributed by atoms with Crippen molar-refractivity contribution in [2.45, 2.75) is 32.9 Å². The smallest absolute Gasteiger partial charge is 0.290 e. The number of methoxy groups -OCH3 is 1. The first-order chi connectivity index (χ1) is 17.5. The second kappa shape index (κ2) is 9.99. The van der Waals surface area contributed by atoms with Crippen LogP contribution in [0.15, 0.2) is 75.9 Å². The van der Waals surface area contributed by atoms with E-state index in [1.807, 2.05) is 80.6 Å². The van der Waals surface area contributed by atoms with E-state index in [-0.39, 0.29) is 17.1 Å². The normalized spacial score (nSPS) is 14.9. The minimum Gasteiger partial charge on any atom is -0.489 e. The lowest BCUT2D eigenvalue weighted by atomic mass is 9.97. The SMILES string of the molecule is COCCCN1C(=O)c2oc3cc(C)cc(C)c3c(=O)c2C1c1ccc(OCc2ccccc2)cc1. The molecule has 6 heteroatoms. The lowest BCUT2D eigenvalue weighted by Gasteiger charge is -2.25. The van der Waals surface area contributed by atoms with Gasteiger partial charge in [0.15, 0.2) is 5.43 Å². The molecule has 0 spiro atoms. The summed E-state index contributed by atoms with van der Waals surface area (Å²) in [6, 6.07) is 20.8. The van der Waals surface area contributed by atoms with E-state index in [0.717, 1.165) is 28.0 Å². The zero-order chi connectivity index (χ0) is 25.2. The van der Waals surface area contributed by atoms with Gasteiger partial charge >= 0.3 is 0 Å². The minimum absolute atomic E-state index is 0.129. The summed E-state index contributed by atoms with van der Waals surface area (Å²) in [5.74, 6) is 0.577. The van der Waals surface area contributed by atoms with Crippen LogP contribution in [0.2, 0.25) is 0 Å². The Morgan fingerprint density at radius 2 is 1.72 bits per heavy atom. The number of amides is 1. The van der Waals surface area contributed by atoms with Gasteiger partial charge in [-0.15, -0.1) is 0 Å². The van der Waals surface area contributed by atoms with E-state index in [1.54, 1.807) is 12.0 Å². The molecule has 0 saturated carbocycles. The highest BCUT2D eigenvalue weighted by Gasteiger charge is 2.42. The maximum Gasteiger partial charge on any atom is 0.290 e. The molecular weight excluding hydrogens is 454 g/mol. The third-order valence-corrected chi connectivity index (χ3v) is 6.60. The van der Waals surface area contributed by atoms with E-state index < -0.39 is 6.04 Å². The summed E-state index contributed by atoms with van der Waals surface area (Å²) in [7, 11) is 1.63. The van der Waals surface area contributed by atoms with E-state index in [1.165, 1.54) is 0 Å². The Hall–Kier alpha value is -3.90. The summed E-state index contributed by atoms with van der Waals surface area (Å²) < 4.78 is 17.3. The summed E-state index contributed by atoms with van der Waals surface area (Å²) >= 11 is 0. The predicted octanol–water partition coefficient (Wildman–Crippen LogP) is 5.57. The van der Waals surface area contributed by atoms with Crippen LogP contribution in [0.1, 0.15) is 50.8 Å². The Bertz CT molecular complexity index is 1460. The van der Waals surface area contributed by atoms with E-state index in [0.29, 0.717) is 42.7 Å². The van der Waals surface area contributed by atoms with Crippen molar-refractivity contribution in [3.8, 4) is 5.75 Å². The van der Waals surface area contributed by atoms with Crippen LogP contribution in [0.3, 0.4) is 0 Å². The fraction of sp³-hybridized carbons (Fsp3) is 0.267. The molecule has 184 valence electrons. The van der Waals surface area contributed by atoms with Crippen LogP contribution in [0, 0.1) is 13.8 Å². The summed E-state index contributed by atoms with van der Waals surface area (Å²) in [5, 5.41) is 0.527. The third-order valence-electron chi connectivity index (χ3n) is 6.60. The first-order valence-corrected chi connectivity index (χ1v) is 12.1. The molecule has 0 saturated heterocycles. The van der Waals surface area contributed by atoms with Crippen molar-refractivity contribution in [2.75, 3.05) is 20.3 Å². The van der Waals surface area contributed by atoms with E-state index in [9.17, 15) is 9.59 Å². The van der Waals surface area contributed by atoms with Crippen molar-refractivity contribution in [3.63, 3.8) is 0 Å². The Kier molecular flexibility index (Phi) is 6.61. The maximum absolute atomic E-state index is 13.8. The number of hydrogen-bond donors (Lipinski definition) is 0. The van der Waals surface area contributed by atoms with Gasteiger partial charge in [-0.2, -0.15) is 0 Å². The van der Waals surface area contributed by atoms with Gasteiger partial charge in [0.25, 0.3) is 5.91 Å². The molecule has 0 bridgehead atoms. The zero-order valence-corrected chi connectivity index (χ0v) is 20.7. The highest BCUT2D eigenvalue weighted by molar-refractivity contribution is 5.99. The fourth-order valence-corrected chi connectivity index (χ4v) is 4.96. The fourth-order valence-electron chi connectivity index (χ4n) is 4.96. The molecule has 3 aromatic carbocycles. The highest BCUT2D eigenvalue weighted by atomic mass is 16.5. The van der Waals surface area contributed by atoms with E-state index >= 15 is 0 Å². The summed E-state index contributed by atoms with van der Waals surface area (Å²) in [4.78, 5) is 29.0. The lowest BCUT2D eigenvalue weighted by molar-refractivity contribution is 0.0708. The lowest BCUT2D eigenvalue weighted by Crippen LogP contribution is -2.31. The molecule has 2 heterocycles. The molecule has 6 nitrogen and oxygen atoms in total. The summed E-state index contributed by atoms with van der Waals surface area (Å²) in [6.07, 6.45) is 0.650. The minimum atomic E-state index is -0.533. The number of benzene rings is 3. The van der Waals surface area contributed by atoms with Crippen LogP contribution in [0.25, 0.3) is 11.0 Å². The molecule has 1 aliphatic rings. The third kappa shape index (κ3) is 4.40. The number of ether oxygens (including phenoxy) is 2. The zero-order valence-electron chi connectivity index (χ0n) is 20.7. The molecule has 0 aliphatic carbocycles. The molecule has 0 fully saturated rings. The van der Waals surface area contributed by atoms with Gasteiger partial charge in [-0.3, -0.25) is 9.59 Å². The van der Waals surface area contributed by atoms with Crippen molar-refractivity contribution >= 4 is 16.9 Å². The molecule has 0 radical (unpaired) electrons. The number of nitrogens with zero attached hydrogens (tertiary/aromatic N) is 1. The van der Waals surface area contributed by atoms with Crippen molar-refractivity contribution in [2.24, 2.45) is 0 Å². The van der Waals surface area contributed by atoms with Crippen molar-refractivity contribution in [3.05, 3.63) is 111 Å².